The summed E-state index contributed by atoms with van der Waals surface area (Å²) in [5, 5.41) is 2.83. The van der Waals surface area contributed by atoms with Crippen molar-refractivity contribution in [3.8, 4) is 0 Å². The van der Waals surface area contributed by atoms with Gasteiger partial charge in [-0.2, -0.15) is 0 Å². The van der Waals surface area contributed by atoms with E-state index in [1.54, 1.807) is 18.0 Å². The average Bonchev–Trinajstić information content (AvgIpc) is 2.37. The lowest BCUT2D eigenvalue weighted by molar-refractivity contribution is 0.0995. The van der Waals surface area contributed by atoms with Gasteiger partial charge in [0.05, 0.1) is 11.4 Å². The Morgan fingerprint density at radius 2 is 2.30 bits per heavy atom. The first kappa shape index (κ1) is 14.1. The molecule has 6 N–H and O–H groups in total. The predicted molar refractivity (Wildman–Crippen MR) is 76.5 cm³/mol. The second-order valence-corrected chi connectivity index (χ2v) is 4.58. The molecule has 0 fully saturated rings. The molecule has 0 saturated carbocycles. The smallest absolute Gasteiger partial charge is 0.272 e. The number of amides is 1. The molecule has 1 aromatic rings. The fourth-order valence-corrected chi connectivity index (χ4v) is 1.79. The van der Waals surface area contributed by atoms with Crippen LogP contribution in [0.5, 0.6) is 0 Å². The van der Waals surface area contributed by atoms with E-state index >= 15 is 0 Å². The number of aromatic amines is 1. The Hall–Kier alpha value is -2.32. The van der Waals surface area contributed by atoms with Crippen LogP contribution in [0.15, 0.2) is 27.8 Å². The zero-order chi connectivity index (χ0) is 14.9. The minimum Gasteiger partial charge on any atom is -0.364 e. The van der Waals surface area contributed by atoms with Gasteiger partial charge >= 0.3 is 0 Å². The topological polar surface area (TPSA) is 130 Å². The molecule has 2 rings (SSSR count). The number of primary amides is 1. The van der Waals surface area contributed by atoms with Gasteiger partial charge in [0.2, 0.25) is 0 Å². The molecule has 106 valence electrons. The Kier molecular flexibility index (Phi) is 3.77. The van der Waals surface area contributed by atoms with Gasteiger partial charge in [-0.15, -0.1) is 0 Å². The Balaban J connectivity index is 2.30. The van der Waals surface area contributed by atoms with Crippen molar-refractivity contribution < 1.29 is 4.79 Å². The van der Waals surface area contributed by atoms with Gasteiger partial charge in [-0.3, -0.25) is 9.59 Å². The molecule has 0 aliphatic carbocycles. The molecule has 0 radical (unpaired) electrons. The number of nitrogens with two attached hydrogens (primary N) is 2. The van der Waals surface area contributed by atoms with Crippen LogP contribution in [0.3, 0.4) is 0 Å². The van der Waals surface area contributed by atoms with Crippen LogP contribution >= 0.6 is 11.6 Å². The molecule has 8 nitrogen and oxygen atoms in total. The van der Waals surface area contributed by atoms with E-state index in [1.165, 1.54) is 12.4 Å². The van der Waals surface area contributed by atoms with Gasteiger partial charge in [0.25, 0.3) is 11.5 Å². The van der Waals surface area contributed by atoms with Crippen LogP contribution < -0.4 is 22.3 Å². The highest BCUT2D eigenvalue weighted by Gasteiger charge is 2.14. The first-order chi connectivity index (χ1) is 9.38. The van der Waals surface area contributed by atoms with E-state index in [9.17, 15) is 9.59 Å². The lowest BCUT2D eigenvalue weighted by Gasteiger charge is -2.23. The van der Waals surface area contributed by atoms with Crippen LogP contribution in [0.25, 0.3) is 0 Å². The van der Waals surface area contributed by atoms with Crippen molar-refractivity contribution in [2.24, 2.45) is 16.5 Å². The molecule has 1 aliphatic heterocycles. The lowest BCUT2D eigenvalue weighted by atomic mass is 10.3. The predicted octanol–water partition coefficient (Wildman–Crippen LogP) is -0.361. The number of carbonyl (C=O) groups is 1. The van der Waals surface area contributed by atoms with E-state index in [0.29, 0.717) is 5.82 Å². The Labute approximate surface area is 119 Å². The summed E-state index contributed by atoms with van der Waals surface area (Å²) < 4.78 is 0. The van der Waals surface area contributed by atoms with Crippen molar-refractivity contribution in [3.05, 3.63) is 39.0 Å². The van der Waals surface area contributed by atoms with Gasteiger partial charge in [0.15, 0.2) is 0 Å². The number of aliphatic imine (C=N–C) groups is 1. The third-order valence-corrected chi connectivity index (χ3v) is 2.98. The van der Waals surface area contributed by atoms with Gasteiger partial charge in [-0.05, 0) is 12.1 Å². The quantitative estimate of drug-likeness (QED) is 0.605. The molecule has 0 spiro atoms. The number of anilines is 1. The maximum absolute atomic E-state index is 11.8. The zero-order valence-electron chi connectivity index (χ0n) is 10.6. The first-order valence-electron chi connectivity index (χ1n) is 5.61. The molecule has 1 unspecified atom stereocenters. The van der Waals surface area contributed by atoms with Crippen molar-refractivity contribution >= 4 is 29.5 Å². The summed E-state index contributed by atoms with van der Waals surface area (Å²) in [6, 6.07) is 1.31. The van der Waals surface area contributed by atoms with Gasteiger partial charge in [0, 0.05) is 7.05 Å². The highest BCUT2D eigenvalue weighted by atomic mass is 35.5. The van der Waals surface area contributed by atoms with E-state index in [0.717, 1.165) is 0 Å². The number of carbonyl (C=O) groups excluding carboxylic acids is 1. The zero-order valence-corrected chi connectivity index (χ0v) is 11.3. The summed E-state index contributed by atoms with van der Waals surface area (Å²) in [5.74, 6) is -0.402. The van der Waals surface area contributed by atoms with Crippen LogP contribution in [-0.2, 0) is 0 Å². The molecule has 9 heteroatoms. The monoisotopic (exact) mass is 296 g/mol. The first-order valence-corrected chi connectivity index (χ1v) is 5.99. The van der Waals surface area contributed by atoms with Gasteiger partial charge in [0.1, 0.15) is 23.4 Å². The van der Waals surface area contributed by atoms with Gasteiger partial charge in [-0.25, -0.2) is 4.99 Å². The number of halogens is 1. The van der Waals surface area contributed by atoms with Crippen LogP contribution in [-0.4, -0.2) is 35.3 Å². The van der Waals surface area contributed by atoms with Crippen molar-refractivity contribution in [2.45, 2.75) is 6.17 Å². The molecule has 20 heavy (non-hydrogen) atoms. The highest BCUT2D eigenvalue weighted by Crippen LogP contribution is 2.17. The largest absolute Gasteiger partial charge is 0.364 e. The Bertz CT molecular complexity index is 665. The average molecular weight is 297 g/mol. The number of nitrogens with zero attached hydrogens (tertiary/aromatic N) is 2. The summed E-state index contributed by atoms with van der Waals surface area (Å²) in [4.78, 5) is 30.9. The van der Waals surface area contributed by atoms with E-state index in [1.807, 2.05) is 0 Å². The van der Waals surface area contributed by atoms with Crippen molar-refractivity contribution in [2.75, 3.05) is 12.4 Å². The van der Waals surface area contributed by atoms with E-state index in [4.69, 9.17) is 23.1 Å². The number of H-pyrrole nitrogens is 1. The molecule has 0 bridgehead atoms. The normalized spacial score (nSPS) is 17.9. The Morgan fingerprint density at radius 3 is 2.90 bits per heavy atom. The van der Waals surface area contributed by atoms with Gasteiger partial charge in [-0.1, -0.05) is 11.6 Å². The third-order valence-electron chi connectivity index (χ3n) is 2.68. The van der Waals surface area contributed by atoms with Crippen LogP contribution in [0.1, 0.15) is 10.5 Å². The number of pyridine rings is 1. The summed E-state index contributed by atoms with van der Waals surface area (Å²) >= 11 is 5.86. The lowest BCUT2D eigenvalue weighted by Crippen LogP contribution is -2.39. The summed E-state index contributed by atoms with van der Waals surface area (Å²) in [5.41, 5.74) is 10.3. The minimum absolute atomic E-state index is 0.0430. The number of hydrogen-bond acceptors (Lipinski definition) is 6. The maximum Gasteiger partial charge on any atom is 0.272 e. The van der Waals surface area contributed by atoms with Crippen molar-refractivity contribution in [1.29, 1.82) is 0 Å². The van der Waals surface area contributed by atoms with E-state index < -0.39 is 11.5 Å². The van der Waals surface area contributed by atoms with Crippen molar-refractivity contribution in [1.82, 2.24) is 9.88 Å². The van der Waals surface area contributed by atoms with Crippen LogP contribution in [0, 0.1) is 0 Å². The fraction of sp³-hybridized carbons (Fsp3) is 0.182. The number of hydrogen-bond donors (Lipinski definition) is 4. The summed E-state index contributed by atoms with van der Waals surface area (Å²) in [7, 11) is 1.77. The second kappa shape index (κ2) is 5.35. The Morgan fingerprint density at radius 1 is 1.60 bits per heavy atom. The fourth-order valence-electron chi connectivity index (χ4n) is 1.54. The molecular formula is C11H13ClN6O2. The van der Waals surface area contributed by atoms with Crippen LogP contribution in [0.4, 0.5) is 5.69 Å². The number of nitrogens with one attached hydrogen (secondary N) is 2. The minimum atomic E-state index is -0.808. The van der Waals surface area contributed by atoms with E-state index in [-0.39, 0.29) is 22.6 Å². The summed E-state index contributed by atoms with van der Waals surface area (Å²) in [6.07, 6.45) is 2.81. The third kappa shape index (κ3) is 2.81. The molecule has 1 atom stereocenters. The number of rotatable bonds is 3. The molecule has 2 heterocycles. The molecule has 1 amide bonds. The molecule has 0 saturated heterocycles. The second-order valence-electron chi connectivity index (χ2n) is 4.18. The van der Waals surface area contributed by atoms with Gasteiger partial charge < -0.3 is 26.7 Å². The van der Waals surface area contributed by atoms with E-state index in [2.05, 4.69) is 15.3 Å². The number of likely N-dealkylation sites (N-methyl/N-ethyl adjacent to an activating group) is 1. The molecule has 1 aromatic heterocycles. The maximum atomic E-state index is 11.8. The molecule has 0 aromatic carbocycles. The van der Waals surface area contributed by atoms with Crippen molar-refractivity contribution in [3.63, 3.8) is 0 Å². The van der Waals surface area contributed by atoms with Crippen LogP contribution in [0.2, 0.25) is 5.02 Å². The summed E-state index contributed by atoms with van der Waals surface area (Å²) in [6.45, 7) is 0. The highest BCUT2D eigenvalue weighted by molar-refractivity contribution is 6.33. The SMILES string of the molecule is CN1C=NC(Nc2cc(Cl)c(C(N)=O)[nH]c2=O)=CC1N. The molecule has 1 aliphatic rings. The number of aromatic nitrogens is 1. The molecular weight excluding hydrogens is 284 g/mol. The standard InChI is InChI=1S/C11H13ClN6O2/c1-18-4-15-8(3-7(18)13)16-6-2-5(12)9(10(14)19)17-11(6)20/h2-4,7,16H,13H2,1H3,(H2,14,19)(H,17,20).